The predicted molar refractivity (Wildman–Crippen MR) is 126 cm³/mol. The molecule has 0 radical (unpaired) electrons. The number of unbranched alkanes of at least 4 members (excludes halogenated alkanes) is 7. The first-order valence-corrected chi connectivity index (χ1v) is 14.0. The van der Waals surface area contributed by atoms with Gasteiger partial charge in [0.15, 0.2) is 0 Å². The van der Waals surface area contributed by atoms with Crippen molar-refractivity contribution in [1.29, 1.82) is 0 Å². The lowest BCUT2D eigenvalue weighted by Gasteiger charge is -2.09. The van der Waals surface area contributed by atoms with Crippen molar-refractivity contribution in [3.8, 4) is 0 Å². The molecule has 0 spiro atoms. The van der Waals surface area contributed by atoms with Gasteiger partial charge in [-0.05, 0) is 62.8 Å². The molecule has 0 aliphatic rings. The standard InChI is InChI=1S/C24H34O6S2/c1-19-13-15-23(31(25,26)27)21(17-19)11-9-7-5-3-4-6-8-10-12-22-18-20(2)14-16-24(22)32(28,29)30/h13-18H,3-12H2,1-2H3,(H,25,26,27)(H,28,29,30). The van der Waals surface area contributed by atoms with Gasteiger partial charge in [-0.3, -0.25) is 9.11 Å². The molecule has 0 aliphatic heterocycles. The molecule has 0 saturated carbocycles. The van der Waals surface area contributed by atoms with Gasteiger partial charge in [0.2, 0.25) is 0 Å². The van der Waals surface area contributed by atoms with Gasteiger partial charge < -0.3 is 0 Å². The van der Waals surface area contributed by atoms with Crippen molar-refractivity contribution < 1.29 is 25.9 Å². The third kappa shape index (κ3) is 8.65. The second-order valence-electron chi connectivity index (χ2n) is 8.50. The van der Waals surface area contributed by atoms with Crippen molar-refractivity contribution in [3.05, 3.63) is 58.7 Å². The summed E-state index contributed by atoms with van der Waals surface area (Å²) < 4.78 is 64.8. The second-order valence-corrected chi connectivity index (χ2v) is 11.3. The molecule has 0 bridgehead atoms. The highest BCUT2D eigenvalue weighted by Gasteiger charge is 2.16. The fraction of sp³-hybridized carbons (Fsp3) is 0.500. The van der Waals surface area contributed by atoms with E-state index >= 15 is 0 Å². The first-order valence-electron chi connectivity index (χ1n) is 11.1. The number of benzene rings is 2. The van der Waals surface area contributed by atoms with Gasteiger partial charge >= 0.3 is 0 Å². The molecule has 0 unspecified atom stereocenters. The summed E-state index contributed by atoms with van der Waals surface area (Å²) in [4.78, 5) is 0.0164. The predicted octanol–water partition coefficient (Wildman–Crippen LogP) is 5.70. The molecule has 2 aromatic carbocycles. The highest BCUT2D eigenvalue weighted by Crippen LogP contribution is 2.22. The summed E-state index contributed by atoms with van der Waals surface area (Å²) >= 11 is 0. The van der Waals surface area contributed by atoms with E-state index in [4.69, 9.17) is 0 Å². The van der Waals surface area contributed by atoms with Crippen LogP contribution in [0.4, 0.5) is 0 Å². The van der Waals surface area contributed by atoms with Gasteiger partial charge in [0.25, 0.3) is 20.2 Å². The molecule has 0 saturated heterocycles. The van der Waals surface area contributed by atoms with Crippen LogP contribution in [0.5, 0.6) is 0 Å². The number of rotatable bonds is 13. The van der Waals surface area contributed by atoms with Crippen molar-refractivity contribution in [2.24, 2.45) is 0 Å². The van der Waals surface area contributed by atoms with E-state index in [1.54, 1.807) is 12.1 Å². The minimum Gasteiger partial charge on any atom is -0.282 e. The Balaban J connectivity index is 1.65. The van der Waals surface area contributed by atoms with Crippen LogP contribution in [0.3, 0.4) is 0 Å². The average molecular weight is 483 g/mol. The van der Waals surface area contributed by atoms with Crippen molar-refractivity contribution in [1.82, 2.24) is 0 Å². The molecule has 0 aromatic heterocycles. The van der Waals surface area contributed by atoms with Crippen LogP contribution in [0.25, 0.3) is 0 Å². The molecule has 2 N–H and O–H groups in total. The SMILES string of the molecule is Cc1ccc(S(=O)(=O)O)c(CCCCCCCCCCc2cc(C)ccc2S(=O)(=O)O)c1. The van der Waals surface area contributed by atoms with E-state index in [1.165, 1.54) is 12.1 Å². The van der Waals surface area contributed by atoms with E-state index in [0.29, 0.717) is 24.0 Å². The maximum absolute atomic E-state index is 11.5. The number of hydrogen-bond donors (Lipinski definition) is 2. The average Bonchev–Trinajstić information content (AvgIpc) is 2.67. The minimum atomic E-state index is -4.19. The van der Waals surface area contributed by atoms with Crippen LogP contribution >= 0.6 is 0 Å². The Morgan fingerprint density at radius 2 is 0.875 bits per heavy atom. The molecular formula is C24H34O6S2. The largest absolute Gasteiger partial charge is 0.294 e. The summed E-state index contributed by atoms with van der Waals surface area (Å²) in [5.74, 6) is 0. The normalized spacial score (nSPS) is 12.2. The molecular weight excluding hydrogens is 448 g/mol. The molecule has 2 rings (SSSR count). The zero-order chi connectivity index (χ0) is 23.8. The molecule has 178 valence electrons. The van der Waals surface area contributed by atoms with E-state index < -0.39 is 20.2 Å². The maximum atomic E-state index is 11.5. The van der Waals surface area contributed by atoms with Gasteiger partial charge in [0, 0.05) is 0 Å². The Labute approximate surface area is 192 Å². The first kappa shape index (κ1) is 26.5. The van der Waals surface area contributed by atoms with E-state index in [9.17, 15) is 25.9 Å². The Kier molecular flexibility index (Phi) is 9.88. The summed E-state index contributed by atoms with van der Waals surface area (Å²) in [5, 5.41) is 0. The molecule has 2 aromatic rings. The smallest absolute Gasteiger partial charge is 0.282 e. The molecule has 0 aliphatic carbocycles. The van der Waals surface area contributed by atoms with Crippen molar-refractivity contribution in [3.63, 3.8) is 0 Å². The fourth-order valence-corrected chi connectivity index (χ4v) is 5.47. The fourth-order valence-electron chi connectivity index (χ4n) is 4.00. The van der Waals surface area contributed by atoms with Crippen LogP contribution in [-0.4, -0.2) is 25.9 Å². The van der Waals surface area contributed by atoms with Crippen molar-refractivity contribution >= 4 is 20.2 Å². The van der Waals surface area contributed by atoms with E-state index in [0.717, 1.165) is 62.5 Å². The van der Waals surface area contributed by atoms with Gasteiger partial charge in [0.1, 0.15) is 0 Å². The Morgan fingerprint density at radius 1 is 0.562 bits per heavy atom. The monoisotopic (exact) mass is 482 g/mol. The highest BCUT2D eigenvalue weighted by atomic mass is 32.2. The summed E-state index contributed by atoms with van der Waals surface area (Å²) in [6, 6.07) is 9.96. The zero-order valence-electron chi connectivity index (χ0n) is 18.9. The van der Waals surface area contributed by atoms with Crippen LogP contribution in [0.2, 0.25) is 0 Å². The summed E-state index contributed by atoms with van der Waals surface area (Å²) in [6.07, 6.45) is 9.33. The van der Waals surface area contributed by atoms with Crippen LogP contribution < -0.4 is 0 Å². The second kappa shape index (κ2) is 11.9. The van der Waals surface area contributed by atoms with Crippen LogP contribution in [-0.2, 0) is 33.1 Å². The molecule has 32 heavy (non-hydrogen) atoms. The quantitative estimate of drug-likeness (QED) is 0.280. The van der Waals surface area contributed by atoms with Gasteiger partial charge in [0.05, 0.1) is 9.79 Å². The molecule has 6 nitrogen and oxygen atoms in total. The number of aryl methyl sites for hydroxylation is 4. The van der Waals surface area contributed by atoms with Crippen LogP contribution in [0.1, 0.15) is 73.6 Å². The lowest BCUT2D eigenvalue weighted by molar-refractivity contribution is 0.479. The molecule has 0 fully saturated rings. The lowest BCUT2D eigenvalue weighted by atomic mass is 10.0. The van der Waals surface area contributed by atoms with Crippen molar-refractivity contribution in [2.75, 3.05) is 0 Å². The first-order chi connectivity index (χ1) is 15.0. The van der Waals surface area contributed by atoms with Gasteiger partial charge in [-0.15, -0.1) is 0 Å². The topological polar surface area (TPSA) is 109 Å². The van der Waals surface area contributed by atoms with E-state index in [1.807, 2.05) is 26.0 Å². The van der Waals surface area contributed by atoms with Crippen LogP contribution in [0, 0.1) is 13.8 Å². The van der Waals surface area contributed by atoms with Crippen LogP contribution in [0.15, 0.2) is 46.2 Å². The summed E-state index contributed by atoms with van der Waals surface area (Å²) in [6.45, 7) is 3.81. The summed E-state index contributed by atoms with van der Waals surface area (Å²) in [7, 11) is -8.38. The highest BCUT2D eigenvalue weighted by molar-refractivity contribution is 7.86. The summed E-state index contributed by atoms with van der Waals surface area (Å²) in [5.41, 5.74) is 3.30. The lowest BCUT2D eigenvalue weighted by Crippen LogP contribution is -2.04. The van der Waals surface area contributed by atoms with E-state index in [2.05, 4.69) is 0 Å². The molecule has 0 amide bonds. The number of hydrogen-bond acceptors (Lipinski definition) is 4. The van der Waals surface area contributed by atoms with Gasteiger partial charge in [-0.1, -0.05) is 73.9 Å². The minimum absolute atomic E-state index is 0.00821. The molecule has 8 heteroatoms. The van der Waals surface area contributed by atoms with E-state index in [-0.39, 0.29) is 9.79 Å². The molecule has 0 atom stereocenters. The van der Waals surface area contributed by atoms with Gasteiger partial charge in [-0.25, -0.2) is 0 Å². The Bertz CT molecular complexity index is 1020. The third-order valence-electron chi connectivity index (χ3n) is 5.63. The maximum Gasteiger partial charge on any atom is 0.294 e. The third-order valence-corrected chi connectivity index (χ3v) is 7.54. The molecule has 0 heterocycles. The Morgan fingerprint density at radius 3 is 1.19 bits per heavy atom. The Hall–Kier alpha value is -1.74. The van der Waals surface area contributed by atoms with Gasteiger partial charge in [-0.2, -0.15) is 16.8 Å². The van der Waals surface area contributed by atoms with Crippen molar-refractivity contribution in [2.45, 2.75) is 87.8 Å². The zero-order valence-corrected chi connectivity index (χ0v) is 20.5.